The molecule has 0 aliphatic carbocycles. The van der Waals surface area contributed by atoms with E-state index in [9.17, 15) is 4.79 Å². The molecule has 1 atom stereocenters. The highest BCUT2D eigenvalue weighted by Gasteiger charge is 2.21. The quantitative estimate of drug-likeness (QED) is 0.837. The SMILES string of the molecule is CC(C)C(CC(=O)S)c1ccc2c(c1)OCO2. The average Bonchev–Trinajstić information content (AvgIpc) is 2.72. The highest BCUT2D eigenvalue weighted by molar-refractivity contribution is 7.96. The smallest absolute Gasteiger partial charge is 0.231 e. The third kappa shape index (κ3) is 2.75. The molecule has 0 radical (unpaired) electrons. The lowest BCUT2D eigenvalue weighted by Gasteiger charge is -2.20. The molecule has 1 aromatic carbocycles. The van der Waals surface area contributed by atoms with Gasteiger partial charge in [-0.3, -0.25) is 4.79 Å². The fraction of sp³-hybridized carbons (Fsp3) is 0.462. The molecular weight excluding hydrogens is 236 g/mol. The lowest BCUT2D eigenvalue weighted by atomic mass is 9.86. The first kappa shape index (κ1) is 12.3. The van der Waals surface area contributed by atoms with Gasteiger partial charge in [0.05, 0.1) is 0 Å². The van der Waals surface area contributed by atoms with Crippen LogP contribution in [-0.2, 0) is 4.79 Å². The zero-order valence-electron chi connectivity index (χ0n) is 9.97. The maximum Gasteiger partial charge on any atom is 0.231 e. The van der Waals surface area contributed by atoms with Gasteiger partial charge >= 0.3 is 0 Å². The number of benzene rings is 1. The number of thiol groups is 1. The summed E-state index contributed by atoms with van der Waals surface area (Å²) < 4.78 is 10.6. The van der Waals surface area contributed by atoms with Crippen LogP contribution >= 0.6 is 12.6 Å². The lowest BCUT2D eigenvalue weighted by molar-refractivity contribution is -0.111. The molecule has 1 heterocycles. The molecule has 92 valence electrons. The van der Waals surface area contributed by atoms with Gasteiger partial charge in [-0.2, -0.15) is 0 Å². The monoisotopic (exact) mass is 252 g/mol. The van der Waals surface area contributed by atoms with Crippen LogP contribution in [0.15, 0.2) is 18.2 Å². The standard InChI is InChI=1S/C13H16O3S/c1-8(2)10(6-13(14)17)9-3-4-11-12(5-9)16-7-15-11/h3-5,8,10H,6-7H2,1-2H3,(H,14,17). The summed E-state index contributed by atoms with van der Waals surface area (Å²) in [6.45, 7) is 4.48. The van der Waals surface area contributed by atoms with Gasteiger partial charge in [0.2, 0.25) is 6.79 Å². The van der Waals surface area contributed by atoms with Crippen LogP contribution in [-0.4, -0.2) is 11.9 Å². The molecule has 0 aromatic heterocycles. The number of carbonyl (C=O) groups excluding carboxylic acids is 1. The second-order valence-electron chi connectivity index (χ2n) is 4.56. The first-order chi connectivity index (χ1) is 8.08. The van der Waals surface area contributed by atoms with Gasteiger partial charge in [-0.15, -0.1) is 12.6 Å². The summed E-state index contributed by atoms with van der Waals surface area (Å²) in [6, 6.07) is 5.86. The van der Waals surface area contributed by atoms with Gasteiger partial charge in [0, 0.05) is 6.42 Å². The van der Waals surface area contributed by atoms with Crippen molar-refractivity contribution in [2.45, 2.75) is 26.2 Å². The Hall–Kier alpha value is -1.16. The molecule has 0 spiro atoms. The number of hydrogen-bond donors (Lipinski definition) is 1. The third-order valence-corrected chi connectivity index (χ3v) is 3.21. The lowest BCUT2D eigenvalue weighted by Crippen LogP contribution is -2.09. The Morgan fingerprint density at radius 3 is 2.71 bits per heavy atom. The van der Waals surface area contributed by atoms with Crippen molar-refractivity contribution in [1.82, 2.24) is 0 Å². The molecule has 0 amide bonds. The van der Waals surface area contributed by atoms with Crippen molar-refractivity contribution in [3.8, 4) is 11.5 Å². The van der Waals surface area contributed by atoms with Crippen molar-refractivity contribution in [3.05, 3.63) is 23.8 Å². The third-order valence-electron chi connectivity index (χ3n) is 3.02. The Morgan fingerprint density at radius 1 is 1.35 bits per heavy atom. The van der Waals surface area contributed by atoms with Crippen molar-refractivity contribution >= 4 is 17.7 Å². The minimum absolute atomic E-state index is 0.0821. The van der Waals surface area contributed by atoms with Gasteiger partial charge in [-0.25, -0.2) is 0 Å². The normalized spacial score (nSPS) is 15.1. The molecule has 4 heteroatoms. The van der Waals surface area contributed by atoms with Gasteiger partial charge in [-0.1, -0.05) is 19.9 Å². The summed E-state index contributed by atoms with van der Waals surface area (Å²) in [7, 11) is 0. The van der Waals surface area contributed by atoms with E-state index in [-0.39, 0.29) is 17.8 Å². The minimum atomic E-state index is -0.0821. The molecular formula is C13H16O3S. The van der Waals surface area contributed by atoms with Gasteiger partial charge < -0.3 is 9.47 Å². The summed E-state index contributed by atoms with van der Waals surface area (Å²) in [4.78, 5) is 11.2. The molecule has 17 heavy (non-hydrogen) atoms. The van der Waals surface area contributed by atoms with E-state index in [0.29, 0.717) is 12.3 Å². The van der Waals surface area contributed by atoms with E-state index in [1.54, 1.807) is 0 Å². The zero-order chi connectivity index (χ0) is 12.4. The van der Waals surface area contributed by atoms with E-state index in [1.807, 2.05) is 18.2 Å². The van der Waals surface area contributed by atoms with Crippen LogP contribution in [0.5, 0.6) is 11.5 Å². The van der Waals surface area contributed by atoms with Crippen molar-refractivity contribution in [3.63, 3.8) is 0 Å². The van der Waals surface area contributed by atoms with Crippen LogP contribution in [0.3, 0.4) is 0 Å². The molecule has 1 aliphatic rings. The Morgan fingerprint density at radius 2 is 2.06 bits per heavy atom. The zero-order valence-corrected chi connectivity index (χ0v) is 10.9. The number of ether oxygens (including phenoxy) is 2. The molecule has 0 saturated carbocycles. The van der Waals surface area contributed by atoms with Gasteiger partial charge in [0.25, 0.3) is 0 Å². The second kappa shape index (κ2) is 5.00. The number of carbonyl (C=O) groups is 1. The van der Waals surface area contributed by atoms with Gasteiger partial charge in [0.15, 0.2) is 16.6 Å². The van der Waals surface area contributed by atoms with Crippen LogP contribution in [0.2, 0.25) is 0 Å². The van der Waals surface area contributed by atoms with Gasteiger partial charge in [0.1, 0.15) is 0 Å². The minimum Gasteiger partial charge on any atom is -0.454 e. The molecule has 1 aromatic rings. The van der Waals surface area contributed by atoms with Crippen molar-refractivity contribution in [2.24, 2.45) is 5.92 Å². The molecule has 0 N–H and O–H groups in total. The number of hydrogen-bond acceptors (Lipinski definition) is 3. The fourth-order valence-electron chi connectivity index (χ4n) is 2.07. The van der Waals surface area contributed by atoms with Crippen molar-refractivity contribution < 1.29 is 14.3 Å². The van der Waals surface area contributed by atoms with Crippen LogP contribution in [0.4, 0.5) is 0 Å². The summed E-state index contributed by atoms with van der Waals surface area (Å²) >= 11 is 3.87. The Bertz CT molecular complexity index is 429. The van der Waals surface area contributed by atoms with Gasteiger partial charge in [-0.05, 0) is 29.5 Å². The molecule has 0 bridgehead atoms. The highest BCUT2D eigenvalue weighted by atomic mass is 32.1. The number of rotatable bonds is 4. The maximum atomic E-state index is 11.2. The average molecular weight is 252 g/mol. The van der Waals surface area contributed by atoms with Crippen LogP contribution in [0, 0.1) is 5.92 Å². The summed E-state index contributed by atoms with van der Waals surface area (Å²) in [5, 5.41) is -0.0821. The molecule has 2 rings (SSSR count). The largest absolute Gasteiger partial charge is 0.454 e. The first-order valence-corrected chi connectivity index (χ1v) is 6.14. The predicted molar refractivity (Wildman–Crippen MR) is 68.8 cm³/mol. The van der Waals surface area contributed by atoms with E-state index in [0.717, 1.165) is 17.1 Å². The predicted octanol–water partition coefficient (Wildman–Crippen LogP) is 3.00. The molecule has 1 aliphatic heterocycles. The summed E-state index contributed by atoms with van der Waals surface area (Å²) in [5.41, 5.74) is 1.10. The maximum absolute atomic E-state index is 11.2. The van der Waals surface area contributed by atoms with Crippen LogP contribution in [0.1, 0.15) is 31.7 Å². The van der Waals surface area contributed by atoms with E-state index in [2.05, 4.69) is 26.5 Å². The molecule has 1 unspecified atom stereocenters. The Balaban J connectivity index is 2.27. The van der Waals surface area contributed by atoms with E-state index < -0.39 is 0 Å². The first-order valence-electron chi connectivity index (χ1n) is 5.69. The van der Waals surface area contributed by atoms with E-state index >= 15 is 0 Å². The number of fused-ring (bicyclic) bond motifs is 1. The van der Waals surface area contributed by atoms with Crippen LogP contribution in [0.25, 0.3) is 0 Å². The van der Waals surface area contributed by atoms with Crippen molar-refractivity contribution in [2.75, 3.05) is 6.79 Å². The fourth-order valence-corrected chi connectivity index (χ4v) is 2.27. The second-order valence-corrected chi connectivity index (χ2v) is 5.06. The van der Waals surface area contributed by atoms with Crippen molar-refractivity contribution in [1.29, 1.82) is 0 Å². The topological polar surface area (TPSA) is 35.5 Å². The van der Waals surface area contributed by atoms with E-state index in [4.69, 9.17) is 9.47 Å². The van der Waals surface area contributed by atoms with Crippen LogP contribution < -0.4 is 9.47 Å². The molecule has 0 fully saturated rings. The van der Waals surface area contributed by atoms with E-state index in [1.165, 1.54) is 0 Å². The highest BCUT2D eigenvalue weighted by Crippen LogP contribution is 2.37. The summed E-state index contributed by atoms with van der Waals surface area (Å²) in [6.07, 6.45) is 0.445. The Kier molecular flexibility index (Phi) is 3.62. The molecule has 0 saturated heterocycles. The molecule has 3 nitrogen and oxygen atoms in total. The summed E-state index contributed by atoms with van der Waals surface area (Å²) in [5.74, 6) is 2.09. The Labute approximate surface area is 107 Å².